The van der Waals surface area contributed by atoms with Crippen molar-refractivity contribution in [3.05, 3.63) is 66.0 Å². The number of benzene rings is 2. The molecule has 0 atom stereocenters. The third kappa shape index (κ3) is 5.76. The van der Waals surface area contributed by atoms with Crippen molar-refractivity contribution in [1.29, 1.82) is 0 Å². The Labute approximate surface area is 150 Å². The summed E-state index contributed by atoms with van der Waals surface area (Å²) in [6, 6.07) is 13.4. The van der Waals surface area contributed by atoms with E-state index in [1.165, 1.54) is 48.0 Å². The van der Waals surface area contributed by atoms with Crippen LogP contribution in [0.2, 0.25) is 0 Å². The minimum absolute atomic E-state index is 0.0744. The van der Waals surface area contributed by atoms with Crippen molar-refractivity contribution in [3.63, 3.8) is 0 Å². The Morgan fingerprint density at radius 2 is 1.96 bits per heavy atom. The second-order valence-corrected chi connectivity index (χ2v) is 6.18. The molecule has 0 aliphatic heterocycles. The van der Waals surface area contributed by atoms with Crippen molar-refractivity contribution in [2.75, 3.05) is 25.2 Å². The Bertz CT molecular complexity index is 792. The van der Waals surface area contributed by atoms with E-state index in [1.54, 1.807) is 12.1 Å². The van der Waals surface area contributed by atoms with Gasteiger partial charge in [0, 0.05) is 18.0 Å². The number of hydrogen-bond donors (Lipinski definition) is 1. The van der Waals surface area contributed by atoms with Gasteiger partial charge in [-0.1, -0.05) is 24.3 Å². The van der Waals surface area contributed by atoms with Crippen LogP contribution >= 0.6 is 11.8 Å². The number of thioether (sulfide) groups is 1. The topological polar surface area (TPSA) is 49.4 Å². The van der Waals surface area contributed by atoms with E-state index in [-0.39, 0.29) is 24.2 Å². The summed E-state index contributed by atoms with van der Waals surface area (Å²) in [7, 11) is 1.54. The van der Waals surface area contributed by atoms with Gasteiger partial charge in [-0.25, -0.2) is 4.39 Å². The first-order valence-electron chi connectivity index (χ1n) is 7.61. The molecule has 0 aromatic heterocycles. The minimum Gasteiger partial charge on any atom is -0.333 e. The van der Waals surface area contributed by atoms with Crippen molar-refractivity contribution >= 4 is 35.3 Å². The van der Waals surface area contributed by atoms with Crippen LogP contribution in [0.3, 0.4) is 0 Å². The molecule has 2 rings (SSSR count). The molecule has 130 valence electrons. The van der Waals surface area contributed by atoms with Gasteiger partial charge in [0.25, 0.3) is 0 Å². The molecule has 0 unspecified atom stereocenters. The average molecular weight is 358 g/mol. The molecule has 0 aliphatic rings. The highest BCUT2D eigenvalue weighted by atomic mass is 32.2. The number of carbonyl (C=O) groups excluding carboxylic acids is 2. The van der Waals surface area contributed by atoms with E-state index >= 15 is 0 Å². The summed E-state index contributed by atoms with van der Waals surface area (Å²) in [5.41, 5.74) is 1.30. The SMILES string of the molecule is CSc1ccccc1NC(=O)CN(C)C(=O)/C=C/c1cccc(F)c1. The molecule has 0 heterocycles. The molecule has 2 aromatic rings. The van der Waals surface area contributed by atoms with Gasteiger partial charge in [-0.05, 0) is 42.2 Å². The fourth-order valence-electron chi connectivity index (χ4n) is 2.14. The molecular weight excluding hydrogens is 339 g/mol. The van der Waals surface area contributed by atoms with Crippen LogP contribution in [-0.2, 0) is 9.59 Å². The van der Waals surface area contributed by atoms with Crippen molar-refractivity contribution in [2.45, 2.75) is 4.90 Å². The number of nitrogens with zero attached hydrogens (tertiary/aromatic N) is 1. The van der Waals surface area contributed by atoms with E-state index in [4.69, 9.17) is 0 Å². The minimum atomic E-state index is -0.366. The number of carbonyl (C=O) groups is 2. The molecule has 0 aliphatic carbocycles. The first kappa shape index (κ1) is 18.7. The normalized spacial score (nSPS) is 10.7. The van der Waals surface area contributed by atoms with Crippen LogP contribution in [0.15, 0.2) is 59.5 Å². The van der Waals surface area contributed by atoms with Crippen LogP contribution in [0.1, 0.15) is 5.56 Å². The van der Waals surface area contributed by atoms with Crippen LogP contribution in [0.4, 0.5) is 10.1 Å². The molecule has 0 bridgehead atoms. The Hall–Kier alpha value is -2.60. The van der Waals surface area contributed by atoms with Gasteiger partial charge in [0.15, 0.2) is 0 Å². The average Bonchev–Trinajstić information content (AvgIpc) is 2.60. The summed E-state index contributed by atoms with van der Waals surface area (Å²) >= 11 is 1.53. The predicted molar refractivity (Wildman–Crippen MR) is 99.9 cm³/mol. The Kier molecular flexibility index (Phi) is 6.77. The molecule has 0 radical (unpaired) electrons. The zero-order chi connectivity index (χ0) is 18.2. The number of nitrogens with one attached hydrogen (secondary N) is 1. The molecule has 0 saturated carbocycles. The molecular formula is C19H19FN2O2S. The molecule has 1 N–H and O–H groups in total. The molecule has 0 saturated heterocycles. The zero-order valence-electron chi connectivity index (χ0n) is 14.0. The summed E-state index contributed by atoms with van der Waals surface area (Å²) in [4.78, 5) is 26.5. The van der Waals surface area contributed by atoms with E-state index in [9.17, 15) is 14.0 Å². The van der Waals surface area contributed by atoms with Crippen molar-refractivity contribution in [2.24, 2.45) is 0 Å². The lowest BCUT2D eigenvalue weighted by Crippen LogP contribution is -2.33. The van der Waals surface area contributed by atoms with Gasteiger partial charge < -0.3 is 10.2 Å². The molecule has 0 fully saturated rings. The van der Waals surface area contributed by atoms with Crippen LogP contribution in [0.5, 0.6) is 0 Å². The highest BCUT2D eigenvalue weighted by Crippen LogP contribution is 2.24. The predicted octanol–water partition coefficient (Wildman–Crippen LogP) is 3.66. The number of halogens is 1. The largest absolute Gasteiger partial charge is 0.333 e. The van der Waals surface area contributed by atoms with Crippen molar-refractivity contribution in [1.82, 2.24) is 4.90 Å². The number of para-hydroxylation sites is 1. The van der Waals surface area contributed by atoms with Crippen LogP contribution < -0.4 is 5.32 Å². The maximum Gasteiger partial charge on any atom is 0.246 e. The van der Waals surface area contributed by atoms with E-state index in [2.05, 4.69) is 5.32 Å². The molecule has 2 aromatic carbocycles. The van der Waals surface area contributed by atoms with Gasteiger partial charge >= 0.3 is 0 Å². The fourth-order valence-corrected chi connectivity index (χ4v) is 2.69. The zero-order valence-corrected chi connectivity index (χ0v) is 14.8. The second kappa shape index (κ2) is 9.03. The van der Waals surface area contributed by atoms with E-state index in [1.807, 2.05) is 30.5 Å². The summed E-state index contributed by atoms with van der Waals surface area (Å²) in [5, 5.41) is 2.80. The summed E-state index contributed by atoms with van der Waals surface area (Å²) in [5.74, 6) is -0.983. The van der Waals surface area contributed by atoms with E-state index in [0.29, 0.717) is 5.56 Å². The smallest absolute Gasteiger partial charge is 0.246 e. The van der Waals surface area contributed by atoms with Gasteiger partial charge in [-0.15, -0.1) is 11.8 Å². The third-order valence-electron chi connectivity index (χ3n) is 3.41. The van der Waals surface area contributed by atoms with Crippen LogP contribution in [0.25, 0.3) is 6.08 Å². The maximum absolute atomic E-state index is 13.1. The fraction of sp³-hybridized carbons (Fsp3) is 0.158. The lowest BCUT2D eigenvalue weighted by Gasteiger charge is -2.15. The molecule has 25 heavy (non-hydrogen) atoms. The standard InChI is InChI=1S/C19H19FN2O2S/c1-22(19(24)11-10-14-6-5-7-15(20)12-14)13-18(23)21-16-8-3-4-9-17(16)25-2/h3-12H,13H2,1-2H3,(H,21,23)/b11-10+. The number of amides is 2. The maximum atomic E-state index is 13.1. The third-order valence-corrected chi connectivity index (χ3v) is 4.20. The first-order valence-corrected chi connectivity index (χ1v) is 8.83. The van der Waals surface area contributed by atoms with E-state index in [0.717, 1.165) is 10.6 Å². The molecule has 6 heteroatoms. The number of anilines is 1. The molecule has 4 nitrogen and oxygen atoms in total. The number of rotatable bonds is 6. The van der Waals surface area contributed by atoms with Gasteiger partial charge in [0.1, 0.15) is 5.82 Å². The summed E-state index contributed by atoms with van der Waals surface area (Å²) in [6.07, 6.45) is 4.76. The quantitative estimate of drug-likeness (QED) is 0.633. The second-order valence-electron chi connectivity index (χ2n) is 5.33. The van der Waals surface area contributed by atoms with Crippen molar-refractivity contribution < 1.29 is 14.0 Å². The lowest BCUT2D eigenvalue weighted by atomic mass is 10.2. The van der Waals surface area contributed by atoms with Gasteiger partial charge in [0.05, 0.1) is 12.2 Å². The summed E-state index contributed by atoms with van der Waals surface area (Å²) < 4.78 is 13.1. The van der Waals surface area contributed by atoms with Gasteiger partial charge in [0.2, 0.25) is 11.8 Å². The number of hydrogen-bond acceptors (Lipinski definition) is 3. The Balaban J connectivity index is 1.93. The highest BCUT2D eigenvalue weighted by molar-refractivity contribution is 7.98. The monoisotopic (exact) mass is 358 g/mol. The van der Waals surface area contributed by atoms with Crippen LogP contribution in [-0.4, -0.2) is 36.6 Å². The van der Waals surface area contributed by atoms with E-state index < -0.39 is 0 Å². The molecule has 2 amide bonds. The first-order chi connectivity index (χ1) is 12.0. The highest BCUT2D eigenvalue weighted by Gasteiger charge is 2.12. The Morgan fingerprint density at radius 3 is 2.68 bits per heavy atom. The molecule has 0 spiro atoms. The Morgan fingerprint density at radius 1 is 1.20 bits per heavy atom. The summed E-state index contributed by atoms with van der Waals surface area (Å²) in [6.45, 7) is -0.0744. The number of likely N-dealkylation sites (N-methyl/N-ethyl adjacent to an activating group) is 1. The van der Waals surface area contributed by atoms with Gasteiger partial charge in [-0.2, -0.15) is 0 Å². The lowest BCUT2D eigenvalue weighted by molar-refractivity contribution is -0.129. The van der Waals surface area contributed by atoms with Crippen molar-refractivity contribution in [3.8, 4) is 0 Å². The van der Waals surface area contributed by atoms with Crippen LogP contribution in [0, 0.1) is 5.82 Å². The van der Waals surface area contributed by atoms with Gasteiger partial charge in [-0.3, -0.25) is 9.59 Å².